The number of carboxylic acids is 1. The first-order chi connectivity index (χ1) is 15.9. The molecule has 4 N–H and O–H groups in total. The Kier molecular flexibility index (Phi) is 6.33. The second kappa shape index (κ2) is 9.34. The Balaban J connectivity index is 1.84. The number of aliphatic carboxylic acids is 1. The van der Waals surface area contributed by atoms with Crippen molar-refractivity contribution in [2.75, 3.05) is 0 Å². The van der Waals surface area contributed by atoms with Crippen molar-refractivity contribution in [2.45, 2.75) is 24.9 Å². The van der Waals surface area contributed by atoms with Gasteiger partial charge in [-0.05, 0) is 41.7 Å². The Morgan fingerprint density at radius 2 is 1.48 bits per heavy atom. The van der Waals surface area contributed by atoms with Gasteiger partial charge in [0.1, 0.15) is 6.04 Å². The van der Waals surface area contributed by atoms with Crippen molar-refractivity contribution in [3.63, 3.8) is 0 Å². The quantitative estimate of drug-likeness (QED) is 0.222. The van der Waals surface area contributed by atoms with E-state index in [-0.39, 0.29) is 5.84 Å². The van der Waals surface area contributed by atoms with Gasteiger partial charge in [0.15, 0.2) is 5.84 Å². The van der Waals surface area contributed by atoms with Gasteiger partial charge in [-0.25, -0.2) is 4.79 Å². The Morgan fingerprint density at radius 3 is 2.12 bits per heavy atom. The number of benzene rings is 3. The standard InChI is InChI=1S/C25H22ClN3O4/c26-20-12-6-5-11-19(20)21-13-14-22(25(31)32)29(21)24(30)18-10-4-2-8-16(18)15-7-1-3-9-17(15)23(27)28-33/h1-12,21-22,33H,13-14H2,(H2,27,28)(H,31,32)/t21-,22+/m1/s1. The number of nitrogens with zero attached hydrogens (tertiary/aromatic N) is 2. The molecule has 1 aliphatic rings. The molecule has 1 saturated heterocycles. The van der Waals surface area contributed by atoms with Crippen molar-refractivity contribution in [3.8, 4) is 11.1 Å². The summed E-state index contributed by atoms with van der Waals surface area (Å²) in [6.07, 6.45) is 0.801. The molecule has 1 heterocycles. The zero-order valence-electron chi connectivity index (χ0n) is 17.6. The number of hydrogen-bond donors (Lipinski definition) is 3. The average molecular weight is 464 g/mol. The SMILES string of the molecule is N/C(=N/O)c1ccccc1-c1ccccc1C(=O)N1[C@@H](c2ccccc2Cl)CC[C@H]1C(=O)O. The predicted octanol–water partition coefficient (Wildman–Crippen LogP) is 4.53. The largest absolute Gasteiger partial charge is 0.480 e. The summed E-state index contributed by atoms with van der Waals surface area (Å²) in [5.41, 5.74) is 8.51. The summed E-state index contributed by atoms with van der Waals surface area (Å²) in [5.74, 6) is -1.58. The van der Waals surface area contributed by atoms with Crippen LogP contribution in [0.4, 0.5) is 0 Å². The number of rotatable bonds is 5. The fraction of sp³-hybridized carbons (Fsp3) is 0.160. The number of carboxylic acid groups (broad SMARTS) is 1. The summed E-state index contributed by atoms with van der Waals surface area (Å²) in [6.45, 7) is 0. The van der Waals surface area contributed by atoms with E-state index >= 15 is 0 Å². The van der Waals surface area contributed by atoms with Crippen molar-refractivity contribution in [3.05, 3.63) is 94.5 Å². The topological polar surface area (TPSA) is 116 Å². The van der Waals surface area contributed by atoms with Crippen LogP contribution in [0.15, 0.2) is 78.0 Å². The van der Waals surface area contributed by atoms with Crippen LogP contribution in [0.3, 0.4) is 0 Å². The number of amides is 1. The van der Waals surface area contributed by atoms with Crippen LogP contribution in [0.25, 0.3) is 11.1 Å². The summed E-state index contributed by atoms with van der Waals surface area (Å²) in [4.78, 5) is 27.4. The minimum Gasteiger partial charge on any atom is -0.480 e. The van der Waals surface area contributed by atoms with Gasteiger partial charge in [-0.2, -0.15) is 0 Å². The molecule has 3 aromatic carbocycles. The van der Waals surface area contributed by atoms with Crippen molar-refractivity contribution < 1.29 is 19.9 Å². The number of carbonyl (C=O) groups is 2. The van der Waals surface area contributed by atoms with Gasteiger partial charge in [0.2, 0.25) is 0 Å². The molecule has 0 radical (unpaired) electrons. The summed E-state index contributed by atoms with van der Waals surface area (Å²) in [7, 11) is 0. The first-order valence-corrected chi connectivity index (χ1v) is 10.8. The van der Waals surface area contributed by atoms with Crippen LogP contribution in [0.1, 0.15) is 40.4 Å². The number of oxime groups is 1. The molecular formula is C25H22ClN3O4. The third-order valence-electron chi connectivity index (χ3n) is 5.93. The summed E-state index contributed by atoms with van der Waals surface area (Å²) in [6, 6.07) is 19.6. The van der Waals surface area contributed by atoms with Crippen LogP contribution in [0.2, 0.25) is 5.02 Å². The van der Waals surface area contributed by atoms with E-state index in [0.717, 1.165) is 0 Å². The second-order valence-electron chi connectivity index (χ2n) is 7.76. The number of hydrogen-bond acceptors (Lipinski definition) is 4. The molecule has 2 atom stereocenters. The predicted molar refractivity (Wildman–Crippen MR) is 125 cm³/mol. The van der Waals surface area contributed by atoms with Crippen molar-refractivity contribution >= 4 is 29.3 Å². The van der Waals surface area contributed by atoms with Crippen molar-refractivity contribution in [1.82, 2.24) is 4.90 Å². The molecule has 1 fully saturated rings. The van der Waals surface area contributed by atoms with Gasteiger partial charge in [0, 0.05) is 16.1 Å². The fourth-order valence-corrected chi connectivity index (χ4v) is 4.69. The monoisotopic (exact) mass is 463 g/mol. The number of carbonyl (C=O) groups excluding carboxylic acids is 1. The molecule has 7 nitrogen and oxygen atoms in total. The maximum Gasteiger partial charge on any atom is 0.326 e. The molecular weight excluding hydrogens is 442 g/mol. The number of likely N-dealkylation sites (tertiary alicyclic amines) is 1. The molecule has 0 unspecified atom stereocenters. The first kappa shape index (κ1) is 22.4. The third-order valence-corrected chi connectivity index (χ3v) is 6.27. The maximum absolute atomic E-state index is 13.9. The highest BCUT2D eigenvalue weighted by atomic mass is 35.5. The van der Waals surface area contributed by atoms with Gasteiger partial charge in [0.25, 0.3) is 5.91 Å². The van der Waals surface area contributed by atoms with Gasteiger partial charge >= 0.3 is 5.97 Å². The van der Waals surface area contributed by atoms with E-state index in [0.29, 0.717) is 45.7 Å². The van der Waals surface area contributed by atoms with E-state index in [9.17, 15) is 19.9 Å². The molecule has 33 heavy (non-hydrogen) atoms. The molecule has 0 aliphatic carbocycles. The van der Waals surface area contributed by atoms with Crippen LogP contribution in [0, 0.1) is 0 Å². The minimum atomic E-state index is -1.06. The lowest BCUT2D eigenvalue weighted by molar-refractivity contribution is -0.141. The fourth-order valence-electron chi connectivity index (χ4n) is 4.43. The molecule has 1 amide bonds. The second-order valence-corrected chi connectivity index (χ2v) is 8.16. The highest BCUT2D eigenvalue weighted by Crippen LogP contribution is 2.41. The molecule has 0 aromatic heterocycles. The Morgan fingerprint density at radius 1 is 0.909 bits per heavy atom. The van der Waals surface area contributed by atoms with E-state index in [1.54, 1.807) is 60.7 Å². The van der Waals surface area contributed by atoms with Crippen molar-refractivity contribution in [2.24, 2.45) is 10.9 Å². The van der Waals surface area contributed by atoms with Gasteiger partial charge in [-0.1, -0.05) is 77.4 Å². The number of nitrogens with two attached hydrogens (primary N) is 1. The van der Waals surface area contributed by atoms with Crippen LogP contribution < -0.4 is 5.73 Å². The summed E-state index contributed by atoms with van der Waals surface area (Å²) >= 11 is 6.41. The van der Waals surface area contributed by atoms with Gasteiger partial charge in [-0.3, -0.25) is 4.79 Å². The minimum absolute atomic E-state index is 0.0913. The van der Waals surface area contributed by atoms with E-state index in [2.05, 4.69) is 5.16 Å². The number of halogens is 1. The van der Waals surface area contributed by atoms with Crippen molar-refractivity contribution in [1.29, 1.82) is 0 Å². The van der Waals surface area contributed by atoms with Crippen LogP contribution in [-0.4, -0.2) is 39.0 Å². The molecule has 8 heteroatoms. The van der Waals surface area contributed by atoms with Crippen LogP contribution in [-0.2, 0) is 4.79 Å². The van der Waals surface area contributed by atoms with E-state index in [1.165, 1.54) is 4.90 Å². The lowest BCUT2D eigenvalue weighted by Crippen LogP contribution is -2.42. The normalized spacial score (nSPS) is 18.3. The van der Waals surface area contributed by atoms with Gasteiger partial charge < -0.3 is 20.9 Å². The lowest BCUT2D eigenvalue weighted by Gasteiger charge is -2.30. The molecule has 1 aliphatic heterocycles. The molecule has 168 valence electrons. The van der Waals surface area contributed by atoms with Gasteiger partial charge in [0.05, 0.1) is 6.04 Å². The highest BCUT2D eigenvalue weighted by molar-refractivity contribution is 6.31. The number of amidine groups is 1. The van der Waals surface area contributed by atoms with Crippen LogP contribution in [0.5, 0.6) is 0 Å². The Labute approximate surface area is 195 Å². The Hall–Kier alpha value is -3.84. The zero-order valence-corrected chi connectivity index (χ0v) is 18.3. The van der Waals surface area contributed by atoms with E-state index in [4.69, 9.17) is 17.3 Å². The highest BCUT2D eigenvalue weighted by Gasteiger charge is 2.43. The smallest absolute Gasteiger partial charge is 0.326 e. The zero-order chi connectivity index (χ0) is 23.5. The summed E-state index contributed by atoms with van der Waals surface area (Å²) in [5, 5.41) is 22.6. The van der Waals surface area contributed by atoms with E-state index < -0.39 is 24.0 Å². The molecule has 3 aromatic rings. The molecule has 0 saturated carbocycles. The molecule has 0 spiro atoms. The first-order valence-electron chi connectivity index (χ1n) is 10.4. The Bertz CT molecular complexity index is 1240. The summed E-state index contributed by atoms with van der Waals surface area (Å²) < 4.78 is 0. The lowest BCUT2D eigenvalue weighted by atomic mass is 9.93. The van der Waals surface area contributed by atoms with E-state index in [1.807, 2.05) is 12.1 Å². The molecule has 0 bridgehead atoms. The van der Waals surface area contributed by atoms with Crippen LogP contribution >= 0.6 is 11.6 Å². The third kappa shape index (κ3) is 4.15. The van der Waals surface area contributed by atoms with Gasteiger partial charge in [-0.15, -0.1) is 0 Å². The maximum atomic E-state index is 13.9. The average Bonchev–Trinajstić information content (AvgIpc) is 3.28. The molecule has 4 rings (SSSR count).